The minimum Gasteiger partial charge on any atom is -0.456 e. The molecule has 96 valence electrons. The molecule has 0 aliphatic carbocycles. The van der Waals surface area contributed by atoms with E-state index in [0.717, 1.165) is 16.7 Å². The quantitative estimate of drug-likeness (QED) is 0.856. The number of rotatable bonds is 3. The molecule has 0 aliphatic heterocycles. The molecule has 0 atom stereocenters. The molecule has 0 spiro atoms. The summed E-state index contributed by atoms with van der Waals surface area (Å²) in [6.07, 6.45) is 1.67. The Morgan fingerprint density at radius 1 is 1.42 bits per heavy atom. The van der Waals surface area contributed by atoms with Crippen molar-refractivity contribution in [2.45, 2.75) is 20.5 Å². The molecular formula is C15H14N2O2. The van der Waals surface area contributed by atoms with Crippen molar-refractivity contribution in [1.82, 2.24) is 4.98 Å². The number of hydrogen-bond acceptors (Lipinski definition) is 3. The van der Waals surface area contributed by atoms with Gasteiger partial charge < -0.3 is 9.72 Å². The normalized spacial score (nSPS) is 9.95. The first kappa shape index (κ1) is 12.9. The highest BCUT2D eigenvalue weighted by Gasteiger charge is 2.09. The van der Waals surface area contributed by atoms with Gasteiger partial charge in [0.15, 0.2) is 0 Å². The predicted octanol–water partition coefficient (Wildman–Crippen LogP) is 2.86. The van der Waals surface area contributed by atoms with Gasteiger partial charge in [0.2, 0.25) is 0 Å². The highest BCUT2D eigenvalue weighted by atomic mass is 16.5. The number of carbonyl (C=O) groups is 1. The number of hydrogen-bond donors (Lipinski definition) is 1. The fraction of sp³-hybridized carbons (Fsp3) is 0.200. The van der Waals surface area contributed by atoms with Crippen LogP contribution in [0.4, 0.5) is 0 Å². The lowest BCUT2D eigenvalue weighted by Gasteiger charge is -2.08. The minimum absolute atomic E-state index is 0.160. The van der Waals surface area contributed by atoms with E-state index >= 15 is 0 Å². The molecule has 0 fully saturated rings. The van der Waals surface area contributed by atoms with Gasteiger partial charge in [-0.2, -0.15) is 5.26 Å². The average Bonchev–Trinajstić information content (AvgIpc) is 2.93. The smallest absolute Gasteiger partial charge is 0.355 e. The maximum Gasteiger partial charge on any atom is 0.355 e. The molecular weight excluding hydrogens is 240 g/mol. The number of esters is 1. The number of benzene rings is 1. The number of nitriles is 1. The fourth-order valence-electron chi connectivity index (χ4n) is 1.82. The van der Waals surface area contributed by atoms with Crippen LogP contribution < -0.4 is 0 Å². The van der Waals surface area contributed by atoms with Gasteiger partial charge in [0, 0.05) is 6.20 Å². The molecule has 19 heavy (non-hydrogen) atoms. The molecule has 4 heteroatoms. The van der Waals surface area contributed by atoms with Gasteiger partial charge in [-0.15, -0.1) is 0 Å². The van der Waals surface area contributed by atoms with Gasteiger partial charge in [-0.05, 0) is 48.7 Å². The van der Waals surface area contributed by atoms with Gasteiger partial charge in [0.25, 0.3) is 0 Å². The van der Waals surface area contributed by atoms with E-state index in [4.69, 9.17) is 10.00 Å². The predicted molar refractivity (Wildman–Crippen MR) is 70.5 cm³/mol. The second-order valence-electron chi connectivity index (χ2n) is 4.36. The molecule has 0 saturated carbocycles. The Bertz CT molecular complexity index is 637. The molecule has 0 radical (unpaired) electrons. The van der Waals surface area contributed by atoms with Crippen molar-refractivity contribution < 1.29 is 9.53 Å². The van der Waals surface area contributed by atoms with E-state index in [1.807, 2.05) is 19.9 Å². The molecule has 0 amide bonds. The van der Waals surface area contributed by atoms with E-state index in [2.05, 4.69) is 11.1 Å². The van der Waals surface area contributed by atoms with E-state index in [9.17, 15) is 4.79 Å². The summed E-state index contributed by atoms with van der Waals surface area (Å²) in [6, 6.07) is 9.22. The molecule has 0 bridgehead atoms. The maximum absolute atomic E-state index is 11.7. The van der Waals surface area contributed by atoms with Crippen molar-refractivity contribution >= 4 is 5.97 Å². The zero-order chi connectivity index (χ0) is 13.8. The van der Waals surface area contributed by atoms with Crippen molar-refractivity contribution in [3.05, 3.63) is 58.4 Å². The van der Waals surface area contributed by atoms with Crippen LogP contribution in [0.15, 0.2) is 30.5 Å². The number of aryl methyl sites for hydroxylation is 1. The number of nitrogens with zero attached hydrogens (tertiary/aromatic N) is 1. The van der Waals surface area contributed by atoms with Crippen LogP contribution in [0.3, 0.4) is 0 Å². The van der Waals surface area contributed by atoms with Crippen LogP contribution >= 0.6 is 0 Å². The summed E-state index contributed by atoms with van der Waals surface area (Å²) in [5.74, 6) is -0.401. The SMILES string of the molecule is Cc1cc(COC(=O)c2ccc[nH]2)cc(C#N)c1C. The lowest BCUT2D eigenvalue weighted by molar-refractivity contribution is 0.0466. The third-order valence-corrected chi connectivity index (χ3v) is 3.04. The molecule has 4 nitrogen and oxygen atoms in total. The largest absolute Gasteiger partial charge is 0.456 e. The summed E-state index contributed by atoms with van der Waals surface area (Å²) in [5, 5.41) is 9.03. The lowest BCUT2D eigenvalue weighted by atomic mass is 10.0. The van der Waals surface area contributed by atoms with Crippen LogP contribution in [0.2, 0.25) is 0 Å². The third kappa shape index (κ3) is 2.83. The van der Waals surface area contributed by atoms with Gasteiger partial charge in [-0.1, -0.05) is 6.07 Å². The maximum atomic E-state index is 11.7. The van der Waals surface area contributed by atoms with E-state index in [0.29, 0.717) is 11.3 Å². The molecule has 2 aromatic rings. The first-order chi connectivity index (χ1) is 9.11. The van der Waals surface area contributed by atoms with Crippen molar-refractivity contribution in [1.29, 1.82) is 5.26 Å². The Kier molecular flexibility index (Phi) is 3.67. The molecule has 0 aliphatic rings. The Morgan fingerprint density at radius 2 is 2.21 bits per heavy atom. The summed E-state index contributed by atoms with van der Waals surface area (Å²) in [6.45, 7) is 4.00. The van der Waals surface area contributed by atoms with Crippen LogP contribution in [0.5, 0.6) is 0 Å². The first-order valence-electron chi connectivity index (χ1n) is 5.92. The second kappa shape index (κ2) is 5.40. The van der Waals surface area contributed by atoms with Crippen LogP contribution in [0.1, 0.15) is 32.7 Å². The van der Waals surface area contributed by atoms with E-state index < -0.39 is 5.97 Å². The molecule has 1 N–H and O–H groups in total. The molecule has 1 aromatic carbocycles. The summed E-state index contributed by atoms with van der Waals surface area (Å²) >= 11 is 0. The van der Waals surface area contributed by atoms with Crippen molar-refractivity contribution in [2.75, 3.05) is 0 Å². The highest BCUT2D eigenvalue weighted by molar-refractivity contribution is 5.87. The number of H-pyrrole nitrogens is 1. The number of aromatic nitrogens is 1. The van der Waals surface area contributed by atoms with Gasteiger partial charge in [0.05, 0.1) is 11.6 Å². The zero-order valence-corrected chi connectivity index (χ0v) is 10.9. The van der Waals surface area contributed by atoms with E-state index in [1.165, 1.54) is 0 Å². The second-order valence-corrected chi connectivity index (χ2v) is 4.36. The Balaban J connectivity index is 2.10. The Labute approximate surface area is 111 Å². The third-order valence-electron chi connectivity index (χ3n) is 3.04. The fourth-order valence-corrected chi connectivity index (χ4v) is 1.82. The Hall–Kier alpha value is -2.54. The Morgan fingerprint density at radius 3 is 2.84 bits per heavy atom. The molecule has 1 aromatic heterocycles. The molecule has 0 saturated heterocycles. The minimum atomic E-state index is -0.401. The summed E-state index contributed by atoms with van der Waals surface area (Å²) in [7, 11) is 0. The lowest BCUT2D eigenvalue weighted by Crippen LogP contribution is -2.06. The number of aromatic amines is 1. The van der Waals surface area contributed by atoms with Crippen LogP contribution in [0, 0.1) is 25.2 Å². The average molecular weight is 254 g/mol. The van der Waals surface area contributed by atoms with Crippen LogP contribution in [0.25, 0.3) is 0 Å². The van der Waals surface area contributed by atoms with Crippen molar-refractivity contribution in [3.63, 3.8) is 0 Å². The van der Waals surface area contributed by atoms with Gasteiger partial charge in [-0.25, -0.2) is 4.79 Å². The number of ether oxygens (including phenoxy) is 1. The van der Waals surface area contributed by atoms with Crippen molar-refractivity contribution in [2.24, 2.45) is 0 Å². The molecule has 0 unspecified atom stereocenters. The highest BCUT2D eigenvalue weighted by Crippen LogP contribution is 2.16. The topological polar surface area (TPSA) is 65.9 Å². The standard InChI is InChI=1S/C15H14N2O2/c1-10-6-12(7-13(8-16)11(10)2)9-19-15(18)14-4-3-5-17-14/h3-7,17H,9H2,1-2H3. The monoisotopic (exact) mass is 254 g/mol. The van der Waals surface area contributed by atoms with Crippen LogP contribution in [-0.4, -0.2) is 11.0 Å². The summed E-state index contributed by atoms with van der Waals surface area (Å²) in [5.41, 5.74) is 3.83. The molecule has 1 heterocycles. The number of carbonyl (C=O) groups excluding carboxylic acids is 1. The van der Waals surface area contributed by atoms with Gasteiger partial charge in [0.1, 0.15) is 12.3 Å². The van der Waals surface area contributed by atoms with Crippen molar-refractivity contribution in [3.8, 4) is 6.07 Å². The van der Waals surface area contributed by atoms with E-state index in [-0.39, 0.29) is 6.61 Å². The first-order valence-corrected chi connectivity index (χ1v) is 5.92. The number of nitrogens with one attached hydrogen (secondary N) is 1. The summed E-state index contributed by atoms with van der Waals surface area (Å²) < 4.78 is 5.19. The molecule has 2 rings (SSSR count). The summed E-state index contributed by atoms with van der Waals surface area (Å²) in [4.78, 5) is 14.5. The van der Waals surface area contributed by atoms with E-state index in [1.54, 1.807) is 24.4 Å². The van der Waals surface area contributed by atoms with Crippen LogP contribution in [-0.2, 0) is 11.3 Å². The zero-order valence-electron chi connectivity index (χ0n) is 10.9. The van der Waals surface area contributed by atoms with Gasteiger partial charge >= 0.3 is 5.97 Å². The van der Waals surface area contributed by atoms with Gasteiger partial charge in [-0.3, -0.25) is 0 Å².